The summed E-state index contributed by atoms with van der Waals surface area (Å²) in [5.41, 5.74) is 0.812. The van der Waals surface area contributed by atoms with Gasteiger partial charge in [0, 0.05) is 37.8 Å². The van der Waals surface area contributed by atoms with E-state index in [9.17, 15) is 8.78 Å². The molecule has 1 saturated heterocycles. The van der Waals surface area contributed by atoms with Crippen LogP contribution in [-0.4, -0.2) is 37.2 Å². The third-order valence-electron chi connectivity index (χ3n) is 3.20. The van der Waals surface area contributed by atoms with Crippen LogP contribution in [0.1, 0.15) is 12.5 Å². The minimum Gasteiger partial charge on any atom is -0.434 e. The Kier molecular flexibility index (Phi) is 6.48. The first-order valence-corrected chi connectivity index (χ1v) is 6.14. The van der Waals surface area contributed by atoms with Gasteiger partial charge in [-0.25, -0.2) is 0 Å². The van der Waals surface area contributed by atoms with Crippen molar-refractivity contribution in [2.24, 2.45) is 0 Å². The minimum absolute atomic E-state index is 0. The van der Waals surface area contributed by atoms with E-state index in [4.69, 9.17) is 0 Å². The SMILES string of the molecule is CC1CNCCN1Cc1ccccc1OC(F)F.Cl. The molecule has 1 aromatic carbocycles. The number of piperazine rings is 1. The molecule has 0 saturated carbocycles. The van der Waals surface area contributed by atoms with E-state index in [1.54, 1.807) is 12.1 Å². The zero-order valence-corrected chi connectivity index (χ0v) is 11.6. The lowest BCUT2D eigenvalue weighted by Gasteiger charge is -2.34. The van der Waals surface area contributed by atoms with Crippen LogP contribution in [0.3, 0.4) is 0 Å². The molecule has 2 rings (SSSR count). The van der Waals surface area contributed by atoms with Crippen LogP contribution in [0.2, 0.25) is 0 Å². The maximum atomic E-state index is 12.3. The molecule has 19 heavy (non-hydrogen) atoms. The van der Waals surface area contributed by atoms with Crippen LogP contribution in [0.15, 0.2) is 24.3 Å². The molecular weight excluding hydrogens is 274 g/mol. The van der Waals surface area contributed by atoms with Gasteiger partial charge in [-0.3, -0.25) is 4.90 Å². The van der Waals surface area contributed by atoms with Gasteiger partial charge in [0.15, 0.2) is 0 Å². The molecule has 1 atom stereocenters. The number of rotatable bonds is 4. The zero-order valence-electron chi connectivity index (χ0n) is 10.8. The molecule has 1 fully saturated rings. The Bertz CT molecular complexity index is 393. The highest BCUT2D eigenvalue weighted by Crippen LogP contribution is 2.22. The van der Waals surface area contributed by atoms with Crippen LogP contribution >= 0.6 is 12.4 Å². The van der Waals surface area contributed by atoms with E-state index in [1.807, 2.05) is 12.1 Å². The summed E-state index contributed by atoms with van der Waals surface area (Å²) in [6, 6.07) is 7.39. The van der Waals surface area contributed by atoms with Crippen molar-refractivity contribution in [1.82, 2.24) is 10.2 Å². The smallest absolute Gasteiger partial charge is 0.387 e. The van der Waals surface area contributed by atoms with Crippen molar-refractivity contribution < 1.29 is 13.5 Å². The number of nitrogens with one attached hydrogen (secondary N) is 1. The molecular formula is C13H19ClF2N2O. The van der Waals surface area contributed by atoms with Crippen molar-refractivity contribution in [2.75, 3.05) is 19.6 Å². The molecule has 1 aliphatic heterocycles. The number of para-hydroxylation sites is 1. The molecule has 1 heterocycles. The molecule has 0 bridgehead atoms. The lowest BCUT2D eigenvalue weighted by molar-refractivity contribution is -0.0509. The quantitative estimate of drug-likeness (QED) is 0.923. The average Bonchev–Trinajstić information content (AvgIpc) is 2.34. The Balaban J connectivity index is 0.00000180. The van der Waals surface area contributed by atoms with Gasteiger partial charge in [0.1, 0.15) is 5.75 Å². The first kappa shape index (κ1) is 16.1. The Morgan fingerprint density at radius 2 is 2.16 bits per heavy atom. The molecule has 108 valence electrons. The highest BCUT2D eigenvalue weighted by atomic mass is 35.5. The van der Waals surface area contributed by atoms with Gasteiger partial charge in [-0.15, -0.1) is 12.4 Å². The number of halogens is 3. The Morgan fingerprint density at radius 1 is 1.42 bits per heavy atom. The average molecular weight is 293 g/mol. The lowest BCUT2D eigenvalue weighted by atomic mass is 10.1. The van der Waals surface area contributed by atoms with Crippen molar-refractivity contribution >= 4 is 12.4 Å². The van der Waals surface area contributed by atoms with Crippen LogP contribution in [0.25, 0.3) is 0 Å². The van der Waals surface area contributed by atoms with Crippen molar-refractivity contribution in [2.45, 2.75) is 26.1 Å². The molecule has 0 aromatic heterocycles. The fourth-order valence-electron chi connectivity index (χ4n) is 2.18. The highest BCUT2D eigenvalue weighted by molar-refractivity contribution is 5.85. The van der Waals surface area contributed by atoms with Crippen LogP contribution in [-0.2, 0) is 6.54 Å². The van der Waals surface area contributed by atoms with Crippen molar-refractivity contribution in [3.8, 4) is 5.75 Å². The fraction of sp³-hybridized carbons (Fsp3) is 0.538. The molecule has 6 heteroatoms. The predicted octanol–water partition coefficient (Wildman–Crippen LogP) is 2.50. The first-order valence-electron chi connectivity index (χ1n) is 6.14. The predicted molar refractivity (Wildman–Crippen MR) is 73.1 cm³/mol. The van der Waals surface area contributed by atoms with Gasteiger partial charge < -0.3 is 10.1 Å². The minimum atomic E-state index is -2.77. The molecule has 0 spiro atoms. The second-order valence-electron chi connectivity index (χ2n) is 4.51. The second kappa shape index (κ2) is 7.62. The van der Waals surface area contributed by atoms with E-state index in [-0.39, 0.29) is 18.2 Å². The molecule has 0 aliphatic carbocycles. The normalized spacial score (nSPS) is 20.1. The van der Waals surface area contributed by atoms with Gasteiger partial charge in [-0.05, 0) is 13.0 Å². The molecule has 1 N–H and O–H groups in total. The van der Waals surface area contributed by atoms with Gasteiger partial charge >= 0.3 is 6.61 Å². The maximum absolute atomic E-state index is 12.3. The number of hydrogen-bond donors (Lipinski definition) is 1. The van der Waals surface area contributed by atoms with Crippen LogP contribution < -0.4 is 10.1 Å². The topological polar surface area (TPSA) is 24.5 Å². The molecule has 0 amide bonds. The first-order chi connectivity index (χ1) is 8.66. The van der Waals surface area contributed by atoms with Gasteiger partial charge in [-0.1, -0.05) is 18.2 Å². The number of nitrogens with zero attached hydrogens (tertiary/aromatic N) is 1. The second-order valence-corrected chi connectivity index (χ2v) is 4.51. The summed E-state index contributed by atoms with van der Waals surface area (Å²) < 4.78 is 29.2. The third-order valence-corrected chi connectivity index (χ3v) is 3.20. The Labute approximate surface area is 118 Å². The van der Waals surface area contributed by atoms with Crippen molar-refractivity contribution in [3.63, 3.8) is 0 Å². The van der Waals surface area contributed by atoms with Gasteiger partial charge in [0.25, 0.3) is 0 Å². The van der Waals surface area contributed by atoms with E-state index < -0.39 is 6.61 Å². The molecule has 3 nitrogen and oxygen atoms in total. The lowest BCUT2D eigenvalue weighted by Crippen LogP contribution is -2.49. The summed E-state index contributed by atoms with van der Waals surface area (Å²) in [6.45, 7) is 2.78. The molecule has 0 radical (unpaired) electrons. The van der Waals surface area contributed by atoms with E-state index >= 15 is 0 Å². The number of ether oxygens (including phenoxy) is 1. The standard InChI is InChI=1S/C13H18F2N2O.ClH/c1-10-8-16-6-7-17(10)9-11-4-2-3-5-12(11)18-13(14)15;/h2-5,10,13,16H,6-9H2,1H3;1H. The van der Waals surface area contributed by atoms with E-state index in [1.165, 1.54) is 0 Å². The molecule has 1 aromatic rings. The van der Waals surface area contributed by atoms with Crippen LogP contribution in [0.5, 0.6) is 5.75 Å². The number of benzene rings is 1. The number of alkyl halides is 2. The van der Waals surface area contributed by atoms with Crippen molar-refractivity contribution in [3.05, 3.63) is 29.8 Å². The van der Waals surface area contributed by atoms with Crippen LogP contribution in [0.4, 0.5) is 8.78 Å². The monoisotopic (exact) mass is 292 g/mol. The zero-order chi connectivity index (χ0) is 13.0. The Morgan fingerprint density at radius 3 is 2.84 bits per heavy atom. The fourth-order valence-corrected chi connectivity index (χ4v) is 2.18. The Hall–Kier alpha value is -0.910. The summed E-state index contributed by atoms with van der Waals surface area (Å²) in [7, 11) is 0. The van der Waals surface area contributed by atoms with E-state index in [2.05, 4.69) is 21.9 Å². The summed E-state index contributed by atoms with van der Waals surface area (Å²) in [6.07, 6.45) is 0. The van der Waals surface area contributed by atoms with Gasteiger partial charge in [0.05, 0.1) is 0 Å². The highest BCUT2D eigenvalue weighted by Gasteiger charge is 2.19. The summed E-state index contributed by atoms with van der Waals surface area (Å²) in [5, 5.41) is 3.30. The maximum Gasteiger partial charge on any atom is 0.387 e. The number of hydrogen-bond acceptors (Lipinski definition) is 3. The van der Waals surface area contributed by atoms with Gasteiger partial charge in [0.2, 0.25) is 0 Å². The summed E-state index contributed by atoms with van der Waals surface area (Å²) in [5.74, 6) is 0.276. The third kappa shape index (κ3) is 4.60. The summed E-state index contributed by atoms with van der Waals surface area (Å²) >= 11 is 0. The molecule has 1 unspecified atom stereocenters. The summed E-state index contributed by atoms with van der Waals surface area (Å²) in [4.78, 5) is 2.27. The van der Waals surface area contributed by atoms with E-state index in [0.29, 0.717) is 12.6 Å². The molecule has 1 aliphatic rings. The van der Waals surface area contributed by atoms with E-state index in [0.717, 1.165) is 25.2 Å². The van der Waals surface area contributed by atoms with Crippen molar-refractivity contribution in [1.29, 1.82) is 0 Å². The van der Waals surface area contributed by atoms with Crippen LogP contribution in [0, 0.1) is 0 Å². The largest absolute Gasteiger partial charge is 0.434 e. The van der Waals surface area contributed by atoms with Gasteiger partial charge in [-0.2, -0.15) is 8.78 Å².